The summed E-state index contributed by atoms with van der Waals surface area (Å²) < 4.78 is 1.84. The third-order valence-electron chi connectivity index (χ3n) is 2.70. The van der Waals surface area contributed by atoms with Gasteiger partial charge in [-0.25, -0.2) is 4.79 Å². The highest BCUT2D eigenvalue weighted by Gasteiger charge is 2.22. The van der Waals surface area contributed by atoms with Gasteiger partial charge in [0.1, 0.15) is 0 Å². The molecule has 0 saturated carbocycles. The van der Waals surface area contributed by atoms with Crippen molar-refractivity contribution in [1.82, 2.24) is 4.57 Å². The number of amides is 1. The molecule has 1 unspecified atom stereocenters. The van der Waals surface area contributed by atoms with Gasteiger partial charge in [-0.2, -0.15) is 0 Å². The molecule has 0 radical (unpaired) electrons. The number of hydrogen-bond acceptors (Lipinski definition) is 3. The van der Waals surface area contributed by atoms with Crippen molar-refractivity contribution in [3.8, 4) is 0 Å². The van der Waals surface area contributed by atoms with E-state index in [1.807, 2.05) is 35.9 Å². The Hall–Kier alpha value is -2.34. The third kappa shape index (κ3) is 2.05. The van der Waals surface area contributed by atoms with Crippen LogP contribution in [0.5, 0.6) is 0 Å². The molecule has 0 bridgehead atoms. The van der Waals surface area contributed by atoms with Gasteiger partial charge in [0.2, 0.25) is 0 Å². The van der Waals surface area contributed by atoms with Gasteiger partial charge in [0, 0.05) is 24.1 Å². The second-order valence-corrected chi connectivity index (χ2v) is 3.98. The van der Waals surface area contributed by atoms with Crippen molar-refractivity contribution in [3.63, 3.8) is 0 Å². The monoisotopic (exact) mass is 247 g/mol. The maximum absolute atomic E-state index is 11.6. The predicted molar refractivity (Wildman–Crippen MR) is 67.2 cm³/mol. The lowest BCUT2D eigenvalue weighted by molar-refractivity contribution is -0.141. The summed E-state index contributed by atoms with van der Waals surface area (Å²) in [5, 5.41) is 12.0. The Bertz CT molecular complexity index is 618. The molecule has 0 saturated heterocycles. The maximum atomic E-state index is 11.6. The maximum Gasteiger partial charge on any atom is 0.330 e. The summed E-state index contributed by atoms with van der Waals surface area (Å²) in [5.41, 5.74) is 6.73. The highest BCUT2D eigenvalue weighted by Crippen LogP contribution is 2.24. The summed E-state index contributed by atoms with van der Waals surface area (Å²) in [6.07, 6.45) is 1.72. The number of carboxylic acid groups (broad SMARTS) is 1. The van der Waals surface area contributed by atoms with E-state index in [-0.39, 0.29) is 0 Å². The van der Waals surface area contributed by atoms with Crippen LogP contribution in [0.1, 0.15) is 0 Å². The van der Waals surface area contributed by atoms with Gasteiger partial charge in [-0.3, -0.25) is 4.79 Å². The number of aryl methyl sites for hydroxylation is 1. The fraction of sp³-hybridized carbons (Fsp3) is 0.167. The Morgan fingerprint density at radius 1 is 1.39 bits per heavy atom. The number of aliphatic carboxylic acids is 1. The van der Waals surface area contributed by atoms with Crippen LogP contribution in [0.15, 0.2) is 30.5 Å². The van der Waals surface area contributed by atoms with Crippen LogP contribution in [0.3, 0.4) is 0 Å². The lowest BCUT2D eigenvalue weighted by Crippen LogP contribution is -2.42. The fourth-order valence-corrected chi connectivity index (χ4v) is 1.76. The number of carbonyl (C=O) groups is 2. The molecule has 94 valence electrons. The molecule has 0 aliphatic carbocycles. The Morgan fingerprint density at radius 2 is 2.06 bits per heavy atom. The van der Waals surface area contributed by atoms with Crippen molar-refractivity contribution in [1.29, 1.82) is 0 Å². The van der Waals surface area contributed by atoms with Crippen molar-refractivity contribution < 1.29 is 14.7 Å². The van der Waals surface area contributed by atoms with E-state index >= 15 is 0 Å². The van der Waals surface area contributed by atoms with Crippen molar-refractivity contribution in [3.05, 3.63) is 30.5 Å². The van der Waals surface area contributed by atoms with E-state index in [0.717, 1.165) is 10.9 Å². The molecule has 2 aromatic rings. The zero-order valence-corrected chi connectivity index (χ0v) is 9.75. The molecule has 6 heteroatoms. The SMILES string of the molecule is Cn1cc(NC(=O)C(N)C(=O)O)c2ccccc21. The lowest BCUT2D eigenvalue weighted by atomic mass is 10.2. The number of aromatic nitrogens is 1. The number of rotatable bonds is 3. The van der Waals surface area contributed by atoms with E-state index < -0.39 is 17.9 Å². The first-order chi connectivity index (χ1) is 8.50. The summed E-state index contributed by atoms with van der Waals surface area (Å²) in [5.74, 6) is -2.09. The summed E-state index contributed by atoms with van der Waals surface area (Å²) in [4.78, 5) is 22.2. The Kier molecular flexibility index (Phi) is 3.03. The topological polar surface area (TPSA) is 97.4 Å². The fourth-order valence-electron chi connectivity index (χ4n) is 1.76. The van der Waals surface area contributed by atoms with Crippen LogP contribution in [-0.2, 0) is 16.6 Å². The molecule has 18 heavy (non-hydrogen) atoms. The first-order valence-corrected chi connectivity index (χ1v) is 5.34. The number of hydrogen-bond donors (Lipinski definition) is 3. The molecule has 0 aliphatic rings. The van der Waals surface area contributed by atoms with Crippen LogP contribution >= 0.6 is 0 Å². The van der Waals surface area contributed by atoms with Crippen LogP contribution in [0.4, 0.5) is 5.69 Å². The van der Waals surface area contributed by atoms with Crippen molar-refractivity contribution in [2.45, 2.75) is 6.04 Å². The van der Waals surface area contributed by atoms with E-state index in [4.69, 9.17) is 10.8 Å². The van der Waals surface area contributed by atoms with Crippen LogP contribution in [0, 0.1) is 0 Å². The summed E-state index contributed by atoms with van der Waals surface area (Å²) in [7, 11) is 1.84. The molecule has 1 aromatic heterocycles. The minimum atomic E-state index is -1.57. The van der Waals surface area contributed by atoms with Crippen LogP contribution in [-0.4, -0.2) is 27.6 Å². The van der Waals surface area contributed by atoms with Gasteiger partial charge in [0.15, 0.2) is 6.04 Å². The van der Waals surface area contributed by atoms with E-state index in [1.54, 1.807) is 6.20 Å². The van der Waals surface area contributed by atoms with E-state index in [9.17, 15) is 9.59 Å². The third-order valence-corrected chi connectivity index (χ3v) is 2.70. The minimum Gasteiger partial charge on any atom is -0.480 e. The zero-order chi connectivity index (χ0) is 13.3. The largest absolute Gasteiger partial charge is 0.480 e. The average molecular weight is 247 g/mol. The number of nitrogens with one attached hydrogen (secondary N) is 1. The van der Waals surface area contributed by atoms with Gasteiger partial charge in [-0.1, -0.05) is 18.2 Å². The Balaban J connectivity index is 2.33. The van der Waals surface area contributed by atoms with Gasteiger partial charge < -0.3 is 20.7 Å². The summed E-state index contributed by atoms with van der Waals surface area (Å²) >= 11 is 0. The molecule has 0 fully saturated rings. The van der Waals surface area contributed by atoms with Crippen molar-refractivity contribution >= 4 is 28.5 Å². The van der Waals surface area contributed by atoms with Crippen LogP contribution in [0.25, 0.3) is 10.9 Å². The predicted octanol–water partition coefficient (Wildman–Crippen LogP) is 0.529. The molecular weight excluding hydrogens is 234 g/mol. The number of nitrogens with zero attached hydrogens (tertiary/aromatic N) is 1. The molecule has 0 aliphatic heterocycles. The average Bonchev–Trinajstić information content (AvgIpc) is 2.66. The normalized spacial score (nSPS) is 12.3. The molecule has 0 spiro atoms. The number of para-hydroxylation sites is 1. The molecule has 1 atom stereocenters. The van der Waals surface area contributed by atoms with Crippen molar-refractivity contribution in [2.75, 3.05) is 5.32 Å². The minimum absolute atomic E-state index is 0.551. The van der Waals surface area contributed by atoms with Gasteiger partial charge in [-0.15, -0.1) is 0 Å². The number of benzene rings is 1. The van der Waals surface area contributed by atoms with E-state index in [1.165, 1.54) is 0 Å². The first kappa shape index (κ1) is 12.1. The Morgan fingerprint density at radius 3 is 2.72 bits per heavy atom. The van der Waals surface area contributed by atoms with Gasteiger partial charge >= 0.3 is 5.97 Å². The molecule has 1 heterocycles. The number of nitrogens with two attached hydrogens (primary N) is 1. The second-order valence-electron chi connectivity index (χ2n) is 3.98. The first-order valence-electron chi connectivity index (χ1n) is 5.34. The molecule has 2 rings (SSSR count). The summed E-state index contributed by atoms with van der Waals surface area (Å²) in [6.45, 7) is 0. The molecule has 1 aromatic carbocycles. The molecule has 6 nitrogen and oxygen atoms in total. The van der Waals surface area contributed by atoms with Crippen LogP contribution in [0.2, 0.25) is 0 Å². The van der Waals surface area contributed by atoms with E-state index in [0.29, 0.717) is 5.69 Å². The number of anilines is 1. The standard InChI is InChI=1S/C12H13N3O3/c1-15-6-8(7-4-2-3-5-9(7)15)14-11(16)10(13)12(17)18/h2-6,10H,13H2,1H3,(H,14,16)(H,17,18). The van der Waals surface area contributed by atoms with Gasteiger partial charge in [0.05, 0.1) is 5.69 Å². The smallest absolute Gasteiger partial charge is 0.330 e. The zero-order valence-electron chi connectivity index (χ0n) is 9.75. The summed E-state index contributed by atoms with van der Waals surface area (Å²) in [6, 6.07) is 5.91. The Labute approximate surface area is 103 Å². The second kappa shape index (κ2) is 4.50. The number of carbonyl (C=O) groups excluding carboxylic acids is 1. The molecule has 1 amide bonds. The van der Waals surface area contributed by atoms with Crippen molar-refractivity contribution in [2.24, 2.45) is 12.8 Å². The lowest BCUT2D eigenvalue weighted by Gasteiger charge is -2.06. The van der Waals surface area contributed by atoms with Crippen LogP contribution < -0.4 is 11.1 Å². The number of carboxylic acids is 1. The van der Waals surface area contributed by atoms with Gasteiger partial charge in [0.25, 0.3) is 5.91 Å². The molecular formula is C12H13N3O3. The van der Waals surface area contributed by atoms with E-state index in [2.05, 4.69) is 5.32 Å². The highest BCUT2D eigenvalue weighted by molar-refractivity contribution is 6.10. The quantitative estimate of drug-likeness (QED) is 0.689. The number of fused-ring (bicyclic) bond motifs is 1. The molecule has 4 N–H and O–H groups in total. The highest BCUT2D eigenvalue weighted by atomic mass is 16.4. The van der Waals surface area contributed by atoms with Gasteiger partial charge in [-0.05, 0) is 6.07 Å².